The Kier molecular flexibility index (Phi) is 12.3. The van der Waals surface area contributed by atoms with Gasteiger partial charge in [-0.15, -0.1) is 10.2 Å². The Bertz CT molecular complexity index is 873. The number of allylic oxidation sites excluding steroid dienone is 2. The molecule has 2 heterocycles. The first-order chi connectivity index (χ1) is 16.3. The molecule has 180 valence electrons. The molecule has 1 aromatic heterocycles. The lowest BCUT2D eigenvalue weighted by Gasteiger charge is -2.14. The molecule has 0 atom stereocenters. The van der Waals surface area contributed by atoms with E-state index in [1.54, 1.807) is 11.8 Å². The zero-order valence-corrected chi connectivity index (χ0v) is 22.5. The van der Waals surface area contributed by atoms with Crippen LogP contribution in [0.15, 0.2) is 51.1 Å². The first-order valence-electron chi connectivity index (χ1n) is 12.8. The summed E-state index contributed by atoms with van der Waals surface area (Å²) in [7, 11) is 0. The monoisotopic (exact) mass is 530 g/mol. The van der Waals surface area contributed by atoms with E-state index in [9.17, 15) is 0 Å². The number of nitrogens with zero attached hydrogens (tertiary/aromatic N) is 4. The predicted molar refractivity (Wildman–Crippen MR) is 145 cm³/mol. The van der Waals surface area contributed by atoms with Gasteiger partial charge in [-0.05, 0) is 49.8 Å². The molecule has 0 N–H and O–H groups in total. The summed E-state index contributed by atoms with van der Waals surface area (Å²) < 4.78 is 3.05. The first-order valence-corrected chi connectivity index (χ1v) is 14.6. The molecule has 3 rings (SSSR count). The SMILES string of the molecule is CCCCCCCCC=CCCCCCCCc1nnc2n1N=C(c1ccc(Br)cc1)CS2. The van der Waals surface area contributed by atoms with Gasteiger partial charge in [-0.2, -0.15) is 9.78 Å². The molecule has 0 saturated heterocycles. The van der Waals surface area contributed by atoms with Crippen LogP contribution in [0.5, 0.6) is 0 Å². The van der Waals surface area contributed by atoms with E-state index in [-0.39, 0.29) is 0 Å². The molecule has 0 bridgehead atoms. The minimum atomic E-state index is 0.840. The molecule has 0 radical (unpaired) electrons. The third kappa shape index (κ3) is 9.40. The number of aromatic nitrogens is 3. The third-order valence-corrected chi connectivity index (χ3v) is 7.53. The highest BCUT2D eigenvalue weighted by atomic mass is 79.9. The molecule has 1 aliphatic rings. The van der Waals surface area contributed by atoms with Crippen LogP contribution in [0.25, 0.3) is 0 Å². The molecule has 0 spiro atoms. The van der Waals surface area contributed by atoms with Crippen molar-refractivity contribution in [2.45, 2.75) is 102 Å². The number of fused-ring (bicyclic) bond motifs is 1. The minimum absolute atomic E-state index is 0.840. The second-order valence-electron chi connectivity index (χ2n) is 8.89. The van der Waals surface area contributed by atoms with E-state index >= 15 is 0 Å². The van der Waals surface area contributed by atoms with Gasteiger partial charge in [0, 0.05) is 16.6 Å². The Morgan fingerprint density at radius 1 is 0.848 bits per heavy atom. The summed E-state index contributed by atoms with van der Waals surface area (Å²) in [6.45, 7) is 2.28. The first kappa shape index (κ1) is 26.2. The molecule has 0 amide bonds. The molecule has 0 unspecified atom stereocenters. The fourth-order valence-corrected chi connectivity index (χ4v) is 5.18. The normalized spacial score (nSPS) is 13.5. The second-order valence-corrected chi connectivity index (χ2v) is 10.7. The largest absolute Gasteiger partial charge is 0.212 e. The molecular formula is C27H39BrN4S. The number of rotatable bonds is 16. The van der Waals surface area contributed by atoms with Crippen molar-refractivity contribution in [1.29, 1.82) is 0 Å². The molecule has 33 heavy (non-hydrogen) atoms. The average molecular weight is 532 g/mol. The lowest BCUT2D eigenvalue weighted by atomic mass is 10.1. The van der Waals surface area contributed by atoms with Gasteiger partial charge in [0.2, 0.25) is 5.16 Å². The van der Waals surface area contributed by atoms with Gasteiger partial charge in [0.05, 0.1) is 5.71 Å². The van der Waals surface area contributed by atoms with Crippen LogP contribution in [0.1, 0.15) is 102 Å². The van der Waals surface area contributed by atoms with Crippen molar-refractivity contribution in [3.05, 3.63) is 52.3 Å². The van der Waals surface area contributed by atoms with Gasteiger partial charge in [0.15, 0.2) is 5.82 Å². The number of halogens is 1. The van der Waals surface area contributed by atoms with Crippen molar-refractivity contribution in [2.24, 2.45) is 5.10 Å². The van der Waals surface area contributed by atoms with Crippen LogP contribution in [0.4, 0.5) is 0 Å². The quantitative estimate of drug-likeness (QED) is 0.161. The maximum absolute atomic E-state index is 4.86. The Hall–Kier alpha value is -1.40. The van der Waals surface area contributed by atoms with Gasteiger partial charge < -0.3 is 0 Å². The number of aryl methyl sites for hydroxylation is 1. The van der Waals surface area contributed by atoms with E-state index in [2.05, 4.69) is 69.5 Å². The van der Waals surface area contributed by atoms with Crippen molar-refractivity contribution in [2.75, 3.05) is 5.75 Å². The van der Waals surface area contributed by atoms with E-state index in [1.165, 1.54) is 77.0 Å². The van der Waals surface area contributed by atoms with Gasteiger partial charge in [-0.25, -0.2) is 0 Å². The highest BCUT2D eigenvalue weighted by Crippen LogP contribution is 2.25. The average Bonchev–Trinajstić information content (AvgIpc) is 3.24. The summed E-state index contributed by atoms with van der Waals surface area (Å²) >= 11 is 5.22. The lowest BCUT2D eigenvalue weighted by Crippen LogP contribution is -2.14. The van der Waals surface area contributed by atoms with Crippen LogP contribution < -0.4 is 0 Å². The van der Waals surface area contributed by atoms with Crippen LogP contribution in [0.2, 0.25) is 0 Å². The molecule has 1 aromatic carbocycles. The smallest absolute Gasteiger partial charge is 0.191 e. The summed E-state index contributed by atoms with van der Waals surface area (Å²) in [4.78, 5) is 0. The van der Waals surface area contributed by atoms with E-state index in [0.717, 1.165) is 45.3 Å². The van der Waals surface area contributed by atoms with Crippen molar-refractivity contribution < 1.29 is 0 Å². The van der Waals surface area contributed by atoms with Gasteiger partial charge in [-0.1, -0.05) is 110 Å². The standard InChI is InChI=1S/C27H39BrN4S/c1-2-3-4-5-6-7-8-9-10-11-12-13-14-15-16-17-26-29-30-27-32(26)31-25(22-33-27)23-18-20-24(28)21-19-23/h9-10,18-21H,2-8,11-17,22H2,1H3. The Morgan fingerprint density at radius 2 is 1.48 bits per heavy atom. The molecule has 4 nitrogen and oxygen atoms in total. The number of benzene rings is 1. The molecule has 1 aliphatic heterocycles. The van der Waals surface area contributed by atoms with Crippen molar-refractivity contribution in [1.82, 2.24) is 14.9 Å². The van der Waals surface area contributed by atoms with Crippen LogP contribution in [-0.2, 0) is 6.42 Å². The van der Waals surface area contributed by atoms with E-state index in [1.807, 2.05) is 4.68 Å². The molecule has 0 aliphatic carbocycles. The zero-order valence-electron chi connectivity index (χ0n) is 20.1. The number of thioether (sulfide) groups is 1. The van der Waals surface area contributed by atoms with Crippen LogP contribution in [-0.4, -0.2) is 26.3 Å². The molecule has 2 aromatic rings. The van der Waals surface area contributed by atoms with E-state index in [4.69, 9.17) is 5.10 Å². The molecule has 6 heteroatoms. The van der Waals surface area contributed by atoms with Gasteiger partial charge in [0.25, 0.3) is 0 Å². The topological polar surface area (TPSA) is 43.1 Å². The van der Waals surface area contributed by atoms with E-state index in [0.29, 0.717) is 0 Å². The second kappa shape index (κ2) is 15.5. The Labute approximate surface area is 212 Å². The minimum Gasteiger partial charge on any atom is -0.191 e. The highest BCUT2D eigenvalue weighted by Gasteiger charge is 2.19. The summed E-state index contributed by atoms with van der Waals surface area (Å²) in [5.74, 6) is 1.83. The van der Waals surface area contributed by atoms with Crippen molar-refractivity contribution >= 4 is 33.4 Å². The lowest BCUT2D eigenvalue weighted by molar-refractivity contribution is 0.595. The molecule has 0 fully saturated rings. The van der Waals surface area contributed by atoms with Crippen LogP contribution in [0, 0.1) is 0 Å². The van der Waals surface area contributed by atoms with Gasteiger partial charge >= 0.3 is 0 Å². The zero-order chi connectivity index (χ0) is 23.1. The third-order valence-electron chi connectivity index (χ3n) is 6.07. The Morgan fingerprint density at radius 3 is 2.18 bits per heavy atom. The van der Waals surface area contributed by atoms with Gasteiger partial charge in [-0.3, -0.25) is 0 Å². The molecule has 0 saturated carbocycles. The van der Waals surface area contributed by atoms with Crippen LogP contribution >= 0.6 is 27.7 Å². The van der Waals surface area contributed by atoms with Crippen LogP contribution in [0.3, 0.4) is 0 Å². The number of hydrogen-bond acceptors (Lipinski definition) is 4. The van der Waals surface area contributed by atoms with Gasteiger partial charge in [0.1, 0.15) is 0 Å². The highest BCUT2D eigenvalue weighted by molar-refractivity contribution is 9.10. The summed E-state index contributed by atoms with van der Waals surface area (Å²) in [5.41, 5.74) is 2.25. The maximum atomic E-state index is 4.86. The predicted octanol–water partition coefficient (Wildman–Crippen LogP) is 8.59. The Balaban J connectivity index is 1.27. The van der Waals surface area contributed by atoms with E-state index < -0.39 is 0 Å². The maximum Gasteiger partial charge on any atom is 0.212 e. The van der Waals surface area contributed by atoms with Crippen molar-refractivity contribution in [3.8, 4) is 0 Å². The number of unbranched alkanes of at least 4 members (excludes halogenated alkanes) is 11. The number of hydrogen-bond donors (Lipinski definition) is 0. The summed E-state index contributed by atoms with van der Waals surface area (Å²) in [5, 5.41) is 14.5. The molecular weight excluding hydrogens is 492 g/mol. The fraction of sp³-hybridized carbons (Fsp3) is 0.593. The van der Waals surface area contributed by atoms with Crippen molar-refractivity contribution in [3.63, 3.8) is 0 Å². The summed E-state index contributed by atoms with van der Waals surface area (Å²) in [6, 6.07) is 8.36. The fourth-order valence-electron chi connectivity index (χ4n) is 4.06. The summed E-state index contributed by atoms with van der Waals surface area (Å²) in [6.07, 6.45) is 22.9.